The summed E-state index contributed by atoms with van der Waals surface area (Å²) < 4.78 is 1.96. The van der Waals surface area contributed by atoms with Crippen molar-refractivity contribution in [3.8, 4) is 0 Å². The van der Waals surface area contributed by atoms with Gasteiger partial charge in [0, 0.05) is 19.1 Å². The number of aliphatic imine (C=N–C) groups is 1. The van der Waals surface area contributed by atoms with Gasteiger partial charge in [-0.25, -0.2) is 4.98 Å². The van der Waals surface area contributed by atoms with E-state index in [1.807, 2.05) is 4.57 Å². The van der Waals surface area contributed by atoms with Gasteiger partial charge < -0.3 is 20.7 Å². The maximum absolute atomic E-state index is 8.91. The van der Waals surface area contributed by atoms with Crippen LogP contribution in [0.1, 0.15) is 45.3 Å². The minimum Gasteiger partial charge on any atom is -0.395 e. The SMILES string of the molecule is CCCN=C(NCCO)c1ncn(C(C)CC)c1N. The number of aliphatic hydroxyl groups excluding tert-OH is 1. The molecule has 1 rings (SSSR count). The Balaban J connectivity index is 2.99. The highest BCUT2D eigenvalue weighted by molar-refractivity contribution is 6.00. The molecule has 1 aromatic heterocycles. The lowest BCUT2D eigenvalue weighted by Gasteiger charge is -2.13. The van der Waals surface area contributed by atoms with Crippen molar-refractivity contribution in [2.45, 2.75) is 39.7 Å². The summed E-state index contributed by atoms with van der Waals surface area (Å²) in [5.74, 6) is 1.28. The van der Waals surface area contributed by atoms with Crippen molar-refractivity contribution in [2.75, 3.05) is 25.4 Å². The Morgan fingerprint density at radius 2 is 2.32 bits per heavy atom. The fourth-order valence-corrected chi connectivity index (χ4v) is 1.71. The van der Waals surface area contributed by atoms with E-state index in [0.717, 1.165) is 12.8 Å². The Hall–Kier alpha value is -1.56. The van der Waals surface area contributed by atoms with E-state index in [9.17, 15) is 0 Å². The highest BCUT2D eigenvalue weighted by atomic mass is 16.3. The van der Waals surface area contributed by atoms with Gasteiger partial charge in [-0.15, -0.1) is 0 Å². The number of hydrogen-bond donors (Lipinski definition) is 3. The number of hydrogen-bond acceptors (Lipinski definition) is 4. The Morgan fingerprint density at radius 1 is 1.58 bits per heavy atom. The van der Waals surface area contributed by atoms with Crippen LogP contribution in [0, 0.1) is 0 Å². The van der Waals surface area contributed by atoms with E-state index >= 15 is 0 Å². The number of nitrogens with zero attached hydrogens (tertiary/aromatic N) is 3. The summed E-state index contributed by atoms with van der Waals surface area (Å²) in [5, 5.41) is 12.0. The third kappa shape index (κ3) is 3.96. The molecule has 0 bridgehead atoms. The van der Waals surface area contributed by atoms with Gasteiger partial charge in [0.1, 0.15) is 11.5 Å². The monoisotopic (exact) mass is 267 g/mol. The van der Waals surface area contributed by atoms with Crippen LogP contribution >= 0.6 is 0 Å². The van der Waals surface area contributed by atoms with Crippen LogP contribution in [0.2, 0.25) is 0 Å². The van der Waals surface area contributed by atoms with Crippen molar-refractivity contribution < 1.29 is 5.11 Å². The van der Waals surface area contributed by atoms with Crippen LogP contribution in [0.3, 0.4) is 0 Å². The number of nitrogens with one attached hydrogen (secondary N) is 1. The third-order valence-corrected chi connectivity index (χ3v) is 3.02. The molecule has 0 aliphatic carbocycles. The van der Waals surface area contributed by atoms with E-state index in [0.29, 0.717) is 36.5 Å². The van der Waals surface area contributed by atoms with Crippen LogP contribution in [0.25, 0.3) is 0 Å². The summed E-state index contributed by atoms with van der Waals surface area (Å²) in [5.41, 5.74) is 6.81. The van der Waals surface area contributed by atoms with Gasteiger partial charge in [-0.1, -0.05) is 13.8 Å². The minimum absolute atomic E-state index is 0.0527. The second kappa shape index (κ2) is 7.78. The highest BCUT2D eigenvalue weighted by Crippen LogP contribution is 2.18. The van der Waals surface area contributed by atoms with Gasteiger partial charge in [0.2, 0.25) is 0 Å². The van der Waals surface area contributed by atoms with E-state index in [1.165, 1.54) is 0 Å². The average molecular weight is 267 g/mol. The lowest BCUT2D eigenvalue weighted by molar-refractivity contribution is 0.300. The van der Waals surface area contributed by atoms with E-state index in [2.05, 4.69) is 36.1 Å². The molecule has 1 aromatic rings. The molecular weight excluding hydrogens is 242 g/mol. The number of rotatable bonds is 7. The molecule has 4 N–H and O–H groups in total. The molecular formula is C13H25N5O. The first-order valence-corrected chi connectivity index (χ1v) is 6.87. The zero-order valence-corrected chi connectivity index (χ0v) is 12.1. The third-order valence-electron chi connectivity index (χ3n) is 3.02. The van der Waals surface area contributed by atoms with Crippen molar-refractivity contribution in [3.63, 3.8) is 0 Å². The normalized spacial score (nSPS) is 13.6. The molecule has 0 spiro atoms. The Morgan fingerprint density at radius 3 is 2.89 bits per heavy atom. The Bertz CT molecular complexity index is 413. The lowest BCUT2D eigenvalue weighted by Crippen LogP contribution is -2.29. The number of amidine groups is 1. The summed E-state index contributed by atoms with van der Waals surface area (Å²) >= 11 is 0. The maximum atomic E-state index is 8.91. The summed E-state index contributed by atoms with van der Waals surface area (Å²) in [4.78, 5) is 8.80. The number of nitrogens with two attached hydrogens (primary N) is 1. The van der Waals surface area contributed by atoms with Crippen LogP contribution in [0.4, 0.5) is 5.82 Å². The van der Waals surface area contributed by atoms with Crippen LogP contribution in [0.5, 0.6) is 0 Å². The maximum Gasteiger partial charge on any atom is 0.151 e. The number of aromatic nitrogens is 2. The number of imidazole rings is 1. The highest BCUT2D eigenvalue weighted by Gasteiger charge is 2.15. The van der Waals surface area contributed by atoms with Gasteiger partial charge in [-0.05, 0) is 19.8 Å². The van der Waals surface area contributed by atoms with Crippen molar-refractivity contribution >= 4 is 11.7 Å². The van der Waals surface area contributed by atoms with E-state index in [1.54, 1.807) is 6.33 Å². The molecule has 0 aliphatic heterocycles. The summed E-state index contributed by atoms with van der Waals surface area (Å²) in [6.45, 7) is 7.48. The van der Waals surface area contributed by atoms with Crippen LogP contribution < -0.4 is 11.1 Å². The second-order valence-electron chi connectivity index (χ2n) is 4.52. The molecule has 1 heterocycles. The van der Waals surface area contributed by atoms with Crippen LogP contribution in [-0.2, 0) is 0 Å². The van der Waals surface area contributed by atoms with Gasteiger partial charge >= 0.3 is 0 Å². The molecule has 0 amide bonds. The number of aliphatic hydroxyl groups is 1. The van der Waals surface area contributed by atoms with Crippen LogP contribution in [0.15, 0.2) is 11.3 Å². The number of anilines is 1. The smallest absolute Gasteiger partial charge is 0.151 e. The van der Waals surface area contributed by atoms with Gasteiger partial charge in [0.15, 0.2) is 5.84 Å². The number of nitrogen functional groups attached to an aromatic ring is 1. The van der Waals surface area contributed by atoms with E-state index < -0.39 is 0 Å². The molecule has 0 radical (unpaired) electrons. The molecule has 1 unspecified atom stereocenters. The summed E-state index contributed by atoms with van der Waals surface area (Å²) in [6, 6.07) is 0.312. The quantitative estimate of drug-likeness (QED) is 0.511. The fourth-order valence-electron chi connectivity index (χ4n) is 1.71. The van der Waals surface area contributed by atoms with E-state index in [4.69, 9.17) is 10.8 Å². The zero-order chi connectivity index (χ0) is 14.3. The predicted molar refractivity (Wildman–Crippen MR) is 78.4 cm³/mol. The summed E-state index contributed by atoms with van der Waals surface area (Å²) in [7, 11) is 0. The molecule has 1 atom stereocenters. The first-order valence-electron chi connectivity index (χ1n) is 6.87. The first-order chi connectivity index (χ1) is 9.15. The average Bonchev–Trinajstić information content (AvgIpc) is 2.80. The van der Waals surface area contributed by atoms with Crippen molar-refractivity contribution in [3.05, 3.63) is 12.0 Å². The standard InChI is InChI=1S/C13H25N5O/c1-4-6-15-13(16-7-8-19)11-12(14)18(9-17-11)10(3)5-2/h9-10,19H,4-8,14H2,1-3H3,(H,15,16). The molecule has 0 fully saturated rings. The van der Waals surface area contributed by atoms with Gasteiger partial charge in [0.25, 0.3) is 0 Å². The zero-order valence-electron chi connectivity index (χ0n) is 12.1. The molecule has 0 aliphatic rings. The van der Waals surface area contributed by atoms with Gasteiger partial charge in [-0.3, -0.25) is 4.99 Å². The summed E-state index contributed by atoms with van der Waals surface area (Å²) in [6.07, 6.45) is 3.70. The molecule has 6 heteroatoms. The Labute approximate surface area is 114 Å². The molecule has 0 aromatic carbocycles. The topological polar surface area (TPSA) is 88.5 Å². The first kappa shape index (κ1) is 15.5. The second-order valence-corrected chi connectivity index (χ2v) is 4.52. The van der Waals surface area contributed by atoms with Crippen molar-refractivity contribution in [1.82, 2.24) is 14.9 Å². The molecule has 6 nitrogen and oxygen atoms in total. The lowest BCUT2D eigenvalue weighted by atomic mass is 10.2. The van der Waals surface area contributed by atoms with Gasteiger partial charge in [-0.2, -0.15) is 0 Å². The largest absolute Gasteiger partial charge is 0.395 e. The van der Waals surface area contributed by atoms with Gasteiger partial charge in [0.05, 0.1) is 12.9 Å². The van der Waals surface area contributed by atoms with Crippen molar-refractivity contribution in [2.24, 2.45) is 4.99 Å². The van der Waals surface area contributed by atoms with Crippen LogP contribution in [-0.4, -0.2) is 40.2 Å². The molecule has 19 heavy (non-hydrogen) atoms. The van der Waals surface area contributed by atoms with Crippen molar-refractivity contribution in [1.29, 1.82) is 0 Å². The minimum atomic E-state index is 0.0527. The predicted octanol–water partition coefficient (Wildman–Crippen LogP) is 1.17. The van der Waals surface area contributed by atoms with E-state index in [-0.39, 0.29) is 6.61 Å². The Kier molecular flexibility index (Phi) is 6.35. The molecule has 0 saturated heterocycles. The molecule has 0 saturated carbocycles. The fraction of sp³-hybridized carbons (Fsp3) is 0.692. The molecule has 108 valence electrons.